The van der Waals surface area contributed by atoms with Crippen molar-refractivity contribution in [3.8, 4) is 22.3 Å². The molecule has 80 heavy (non-hydrogen) atoms. The first-order valence-electron chi connectivity index (χ1n) is 27.6. The Balaban J connectivity index is 0.946. The number of aromatic amines is 2. The summed E-state index contributed by atoms with van der Waals surface area (Å²) in [6, 6.07) is 42.0. The van der Waals surface area contributed by atoms with Crippen molar-refractivity contribution in [2.45, 2.75) is 79.1 Å². The summed E-state index contributed by atoms with van der Waals surface area (Å²) in [5.41, 5.74) is 28.5. The summed E-state index contributed by atoms with van der Waals surface area (Å²) in [6.45, 7) is 17.7. The van der Waals surface area contributed by atoms with Crippen LogP contribution in [0.5, 0.6) is 0 Å². The zero-order valence-electron chi connectivity index (χ0n) is 45.6. The van der Waals surface area contributed by atoms with Crippen LogP contribution in [0.3, 0.4) is 0 Å². The van der Waals surface area contributed by atoms with Gasteiger partial charge in [-0.25, -0.2) is 49.8 Å². The predicted octanol–water partition coefficient (Wildman–Crippen LogP) is 16.9. The standard InChI is InChI=1S/C68H54N12/c1-33(2)37-9-13-41-53(25-37)77-61-29-59-63(31-57(61)69-41)79-55-27-39(11-15-43(55)71-59)67-49-21-19-47(74-49)65(35(5)6)45-17-18-46(73-45)66(36(7)8)48-20-22-50(75-48)68(52-24-23-51(67)76-52)40-12-16-44-56(28-40)80-64-32-58-62(30-60(64)72-44)78-54-26-38(34(3)4)10-14-42(54)70-58/h9-36,74-75H,1-8H3. The Labute approximate surface area is 460 Å². The highest BCUT2D eigenvalue weighted by molar-refractivity contribution is 6.03. The van der Waals surface area contributed by atoms with E-state index in [0.717, 1.165) is 166 Å². The number of nitrogens with one attached hydrogen (secondary N) is 2. The number of benzene rings is 6. The molecule has 0 fully saturated rings. The first-order chi connectivity index (χ1) is 38.8. The maximum Gasteiger partial charge on any atom is 0.0917 e. The Kier molecular flexibility index (Phi) is 10.7. The summed E-state index contributed by atoms with van der Waals surface area (Å²) in [5, 5.41) is 0. The summed E-state index contributed by atoms with van der Waals surface area (Å²) in [5.74, 6) is 1.12. The number of hydrogen-bond acceptors (Lipinski definition) is 10. The molecule has 2 aliphatic heterocycles. The zero-order valence-corrected chi connectivity index (χ0v) is 45.6. The predicted molar refractivity (Wildman–Crippen MR) is 328 cm³/mol. The monoisotopic (exact) mass is 1040 g/mol. The third kappa shape index (κ3) is 7.87. The highest BCUT2D eigenvalue weighted by Gasteiger charge is 2.21. The topological polar surface area (TPSA) is 160 Å². The average Bonchev–Trinajstić information content (AvgIpc) is 4.34. The van der Waals surface area contributed by atoms with Crippen molar-refractivity contribution < 1.29 is 0 Å². The Morgan fingerprint density at radius 2 is 0.537 bits per heavy atom. The van der Waals surface area contributed by atoms with Crippen molar-refractivity contribution in [3.05, 3.63) is 166 Å². The maximum atomic E-state index is 5.61. The second-order valence-corrected chi connectivity index (χ2v) is 22.7. The molecule has 12 nitrogen and oxygen atoms in total. The Morgan fingerprint density at radius 3 is 0.887 bits per heavy atom. The third-order valence-electron chi connectivity index (χ3n) is 15.9. The molecule has 0 atom stereocenters. The minimum Gasteiger partial charge on any atom is -0.355 e. The van der Waals surface area contributed by atoms with E-state index in [9.17, 15) is 0 Å². The molecular weight excluding hydrogens is 985 g/mol. The highest BCUT2D eigenvalue weighted by Crippen LogP contribution is 2.39. The first kappa shape index (κ1) is 47.5. The molecule has 12 heteroatoms. The second-order valence-electron chi connectivity index (χ2n) is 22.7. The van der Waals surface area contributed by atoms with E-state index in [-0.39, 0.29) is 11.8 Å². The lowest BCUT2D eigenvalue weighted by molar-refractivity contribution is 0.854. The van der Waals surface area contributed by atoms with Gasteiger partial charge < -0.3 is 9.97 Å². The molecule has 2 aliphatic rings. The minimum atomic E-state index is 0.170. The smallest absolute Gasteiger partial charge is 0.0917 e. The number of H-pyrrole nitrogens is 2. The van der Waals surface area contributed by atoms with E-state index in [1.807, 2.05) is 24.3 Å². The molecule has 6 aromatic carbocycles. The van der Waals surface area contributed by atoms with Gasteiger partial charge in [0.05, 0.1) is 111 Å². The van der Waals surface area contributed by atoms with Crippen LogP contribution >= 0.6 is 0 Å². The van der Waals surface area contributed by atoms with E-state index in [0.29, 0.717) is 11.8 Å². The lowest BCUT2D eigenvalue weighted by Crippen LogP contribution is -1.96. The Morgan fingerprint density at radius 1 is 0.250 bits per heavy atom. The maximum absolute atomic E-state index is 5.61. The van der Waals surface area contributed by atoms with Crippen molar-refractivity contribution in [1.82, 2.24) is 59.8 Å². The van der Waals surface area contributed by atoms with Gasteiger partial charge in [-0.05, 0) is 167 Å². The van der Waals surface area contributed by atoms with Gasteiger partial charge in [-0.15, -0.1) is 0 Å². The average molecular weight is 1040 g/mol. The molecule has 0 unspecified atom stereocenters. The van der Waals surface area contributed by atoms with Crippen molar-refractivity contribution in [3.63, 3.8) is 0 Å². The Bertz CT molecular complexity index is 4790. The van der Waals surface area contributed by atoms with Gasteiger partial charge >= 0.3 is 0 Å². The largest absolute Gasteiger partial charge is 0.355 e. The molecule has 0 saturated carbocycles. The zero-order chi connectivity index (χ0) is 54.2. The summed E-state index contributed by atoms with van der Waals surface area (Å²) in [7, 11) is 0. The Hall–Kier alpha value is -9.68. The molecule has 0 saturated heterocycles. The van der Waals surface area contributed by atoms with Crippen LogP contribution in [0, 0.1) is 0 Å². The lowest BCUT2D eigenvalue weighted by atomic mass is 10.0. The lowest BCUT2D eigenvalue weighted by Gasteiger charge is -2.10. The molecule has 0 amide bonds. The van der Waals surface area contributed by atoms with Crippen molar-refractivity contribution >= 4 is 135 Å². The molecule has 15 rings (SSSR count). The van der Waals surface area contributed by atoms with Crippen molar-refractivity contribution in [1.29, 1.82) is 0 Å². The van der Waals surface area contributed by atoms with E-state index < -0.39 is 0 Å². The molecule has 13 aromatic rings. The summed E-state index contributed by atoms with van der Waals surface area (Å²) < 4.78 is 0. The normalized spacial score (nSPS) is 12.8. The molecule has 386 valence electrons. The molecule has 0 aliphatic carbocycles. The van der Waals surface area contributed by atoms with E-state index in [2.05, 4.69) is 187 Å². The van der Waals surface area contributed by atoms with Gasteiger partial charge in [-0.1, -0.05) is 79.7 Å². The van der Waals surface area contributed by atoms with E-state index in [1.165, 1.54) is 11.1 Å². The summed E-state index contributed by atoms with van der Waals surface area (Å²) >= 11 is 0. The van der Waals surface area contributed by atoms with E-state index >= 15 is 0 Å². The molecule has 0 radical (unpaired) electrons. The molecule has 8 bridgehead atoms. The van der Waals surface area contributed by atoms with Crippen LogP contribution in [-0.4, -0.2) is 59.8 Å². The van der Waals surface area contributed by atoms with Crippen molar-refractivity contribution in [2.75, 3.05) is 0 Å². The number of rotatable bonds is 6. The quantitative estimate of drug-likeness (QED) is 0.153. The third-order valence-corrected chi connectivity index (χ3v) is 15.9. The van der Waals surface area contributed by atoms with Crippen LogP contribution in [0.15, 0.2) is 121 Å². The van der Waals surface area contributed by atoms with Crippen LogP contribution in [0.2, 0.25) is 0 Å². The number of nitrogens with zero attached hydrogens (tertiary/aromatic N) is 10. The SMILES string of the molecule is CC(C)c1ccc2nc3cc4nc5cc(-c6c7nc(c(-c8ccc9nc%10cc%11nc%12cc(C(C)C)ccc%12nc%11cc%10nc9c8)c8ccc([nH]8)c(C(C)C)c8nc(c(C(C)C)c9ccc6[nH]9)C=C8)C=C7)ccc5nc4cc3nc2c1. The first-order valence-corrected chi connectivity index (χ1v) is 27.6. The summed E-state index contributed by atoms with van der Waals surface area (Å²) in [4.78, 5) is 59.8. The molecule has 2 N–H and O–H groups in total. The fourth-order valence-corrected chi connectivity index (χ4v) is 11.8. The highest BCUT2D eigenvalue weighted by atomic mass is 14.9. The van der Waals surface area contributed by atoms with Gasteiger partial charge in [0.1, 0.15) is 0 Å². The minimum absolute atomic E-state index is 0.170. The fraction of sp³-hybridized carbons (Fsp3) is 0.176. The van der Waals surface area contributed by atoms with Crippen LogP contribution in [0.25, 0.3) is 157 Å². The van der Waals surface area contributed by atoms with Gasteiger partial charge in [-0.2, -0.15) is 0 Å². The number of fused-ring (bicyclic) bond motifs is 16. The summed E-state index contributed by atoms with van der Waals surface area (Å²) in [6.07, 6.45) is 8.57. The van der Waals surface area contributed by atoms with Gasteiger partial charge in [0.2, 0.25) is 0 Å². The van der Waals surface area contributed by atoms with Crippen molar-refractivity contribution in [2.24, 2.45) is 0 Å². The molecule has 7 aromatic heterocycles. The van der Waals surface area contributed by atoms with Crippen LogP contribution < -0.4 is 0 Å². The second kappa shape index (κ2) is 17.9. The van der Waals surface area contributed by atoms with Gasteiger partial charge in [0.15, 0.2) is 0 Å². The van der Waals surface area contributed by atoms with Crippen LogP contribution in [0.4, 0.5) is 0 Å². The van der Waals surface area contributed by atoms with Crippen LogP contribution in [-0.2, 0) is 0 Å². The van der Waals surface area contributed by atoms with Gasteiger partial charge in [0.25, 0.3) is 0 Å². The van der Waals surface area contributed by atoms with E-state index in [4.69, 9.17) is 49.8 Å². The van der Waals surface area contributed by atoms with Crippen LogP contribution in [0.1, 0.15) is 124 Å². The number of hydrogen-bond donors (Lipinski definition) is 2. The number of aromatic nitrogens is 12. The fourth-order valence-electron chi connectivity index (χ4n) is 11.8. The molecule has 9 heterocycles. The molecule has 0 spiro atoms. The van der Waals surface area contributed by atoms with E-state index in [1.54, 1.807) is 0 Å². The van der Waals surface area contributed by atoms with Gasteiger partial charge in [-0.3, -0.25) is 0 Å². The molecular formula is C68H54N12. The van der Waals surface area contributed by atoms with Gasteiger partial charge in [0, 0.05) is 44.3 Å².